The topological polar surface area (TPSA) is 29.3 Å². The Balaban J connectivity index is 3.79. The van der Waals surface area contributed by atoms with Gasteiger partial charge >= 0.3 is 0 Å². The largest absolute Gasteiger partial charge is 0.330 e. The first-order chi connectivity index (χ1) is 6.28. The molecule has 0 aromatic carbocycles. The molecule has 0 saturated heterocycles. The summed E-state index contributed by atoms with van der Waals surface area (Å²) in [5.74, 6) is 0.657. The summed E-state index contributed by atoms with van der Waals surface area (Å²) in [5.41, 5.74) is 5.71. The molecular weight excluding hydrogens is 160 g/mol. The van der Waals surface area contributed by atoms with Crippen LogP contribution in [0, 0.1) is 5.92 Å². The van der Waals surface area contributed by atoms with Gasteiger partial charge in [0.1, 0.15) is 0 Å². The van der Waals surface area contributed by atoms with Crippen LogP contribution in [0.5, 0.6) is 0 Å². The molecule has 0 spiro atoms. The van der Waals surface area contributed by atoms with Crippen molar-refractivity contribution in [2.75, 3.05) is 26.2 Å². The van der Waals surface area contributed by atoms with Crippen molar-refractivity contribution in [3.8, 4) is 0 Å². The lowest BCUT2D eigenvalue weighted by Crippen LogP contribution is -2.33. The molecule has 2 nitrogen and oxygen atoms in total. The second kappa shape index (κ2) is 8.27. The Hall–Kier alpha value is -0.340. The van der Waals surface area contributed by atoms with E-state index in [2.05, 4.69) is 25.3 Å². The number of hydrogen-bond acceptors (Lipinski definition) is 2. The van der Waals surface area contributed by atoms with Gasteiger partial charge in [-0.1, -0.05) is 26.3 Å². The molecular formula is C11H24N2. The van der Waals surface area contributed by atoms with E-state index in [1.165, 1.54) is 12.8 Å². The number of rotatable bonds is 8. The van der Waals surface area contributed by atoms with Crippen LogP contribution in [0.25, 0.3) is 0 Å². The Kier molecular flexibility index (Phi) is 8.05. The van der Waals surface area contributed by atoms with E-state index >= 15 is 0 Å². The van der Waals surface area contributed by atoms with Crippen LogP contribution in [0.2, 0.25) is 0 Å². The molecule has 0 radical (unpaired) electrons. The summed E-state index contributed by atoms with van der Waals surface area (Å²) in [6.45, 7) is 12.2. The Morgan fingerprint density at radius 1 is 1.46 bits per heavy atom. The van der Waals surface area contributed by atoms with Gasteiger partial charge < -0.3 is 5.73 Å². The van der Waals surface area contributed by atoms with Gasteiger partial charge in [0.15, 0.2) is 0 Å². The number of nitrogens with zero attached hydrogens (tertiary/aromatic N) is 1. The van der Waals surface area contributed by atoms with Gasteiger partial charge in [0, 0.05) is 13.1 Å². The van der Waals surface area contributed by atoms with Crippen molar-refractivity contribution in [2.45, 2.75) is 26.7 Å². The monoisotopic (exact) mass is 184 g/mol. The predicted octanol–water partition coefficient (Wildman–Crippen LogP) is 1.87. The maximum atomic E-state index is 5.71. The SMILES string of the molecule is C=CCN(CC)CC(CN)CCC. The summed E-state index contributed by atoms with van der Waals surface area (Å²) in [6, 6.07) is 0. The summed E-state index contributed by atoms with van der Waals surface area (Å²) < 4.78 is 0. The molecule has 13 heavy (non-hydrogen) atoms. The van der Waals surface area contributed by atoms with Gasteiger partial charge in [0.2, 0.25) is 0 Å². The molecule has 1 atom stereocenters. The molecule has 0 saturated carbocycles. The quantitative estimate of drug-likeness (QED) is 0.584. The van der Waals surface area contributed by atoms with Gasteiger partial charge in [0.25, 0.3) is 0 Å². The van der Waals surface area contributed by atoms with E-state index in [4.69, 9.17) is 5.73 Å². The summed E-state index contributed by atoms with van der Waals surface area (Å²) in [6.07, 6.45) is 4.43. The van der Waals surface area contributed by atoms with Crippen LogP contribution in [0.15, 0.2) is 12.7 Å². The van der Waals surface area contributed by atoms with Crippen molar-refractivity contribution in [2.24, 2.45) is 11.7 Å². The van der Waals surface area contributed by atoms with Crippen molar-refractivity contribution < 1.29 is 0 Å². The third-order valence-corrected chi connectivity index (χ3v) is 2.38. The fourth-order valence-electron chi connectivity index (χ4n) is 1.57. The van der Waals surface area contributed by atoms with Crippen LogP contribution < -0.4 is 5.73 Å². The summed E-state index contributed by atoms with van der Waals surface area (Å²) >= 11 is 0. The fourth-order valence-corrected chi connectivity index (χ4v) is 1.57. The highest BCUT2D eigenvalue weighted by Crippen LogP contribution is 2.06. The van der Waals surface area contributed by atoms with E-state index < -0.39 is 0 Å². The van der Waals surface area contributed by atoms with E-state index in [0.29, 0.717) is 5.92 Å². The number of likely N-dealkylation sites (N-methyl/N-ethyl adjacent to an activating group) is 1. The molecule has 0 aliphatic carbocycles. The van der Waals surface area contributed by atoms with Crippen molar-refractivity contribution >= 4 is 0 Å². The van der Waals surface area contributed by atoms with Gasteiger partial charge in [-0.3, -0.25) is 4.90 Å². The average Bonchev–Trinajstić information content (AvgIpc) is 2.16. The van der Waals surface area contributed by atoms with E-state index in [1.54, 1.807) is 0 Å². The summed E-state index contributed by atoms with van der Waals surface area (Å²) in [4.78, 5) is 2.39. The zero-order chi connectivity index (χ0) is 10.1. The van der Waals surface area contributed by atoms with Gasteiger partial charge in [0.05, 0.1) is 0 Å². The van der Waals surface area contributed by atoms with E-state index in [9.17, 15) is 0 Å². The molecule has 2 heteroatoms. The molecule has 0 aromatic heterocycles. The number of nitrogens with two attached hydrogens (primary N) is 1. The average molecular weight is 184 g/mol. The Bertz CT molecular complexity index is 123. The van der Waals surface area contributed by atoms with Crippen LogP contribution in [-0.2, 0) is 0 Å². The van der Waals surface area contributed by atoms with Gasteiger partial charge in [-0.2, -0.15) is 0 Å². The standard InChI is InChI=1S/C11H24N2/c1-4-7-11(9-12)10-13(6-3)8-5-2/h5,11H,2,4,6-10,12H2,1,3H3. The Labute approximate surface area is 82.8 Å². The Morgan fingerprint density at radius 2 is 2.15 bits per heavy atom. The molecule has 1 unspecified atom stereocenters. The van der Waals surface area contributed by atoms with Crippen LogP contribution in [0.3, 0.4) is 0 Å². The van der Waals surface area contributed by atoms with Gasteiger partial charge in [-0.15, -0.1) is 6.58 Å². The zero-order valence-electron chi connectivity index (χ0n) is 9.13. The third-order valence-electron chi connectivity index (χ3n) is 2.38. The van der Waals surface area contributed by atoms with Crippen LogP contribution >= 0.6 is 0 Å². The predicted molar refractivity (Wildman–Crippen MR) is 59.8 cm³/mol. The first-order valence-corrected chi connectivity index (χ1v) is 5.31. The lowest BCUT2D eigenvalue weighted by atomic mass is 10.0. The van der Waals surface area contributed by atoms with Crippen molar-refractivity contribution in [3.05, 3.63) is 12.7 Å². The van der Waals surface area contributed by atoms with Crippen LogP contribution in [0.4, 0.5) is 0 Å². The minimum Gasteiger partial charge on any atom is -0.330 e. The maximum Gasteiger partial charge on any atom is 0.0160 e. The molecule has 0 aliphatic heterocycles. The zero-order valence-corrected chi connectivity index (χ0v) is 9.13. The molecule has 78 valence electrons. The molecule has 0 fully saturated rings. The van der Waals surface area contributed by atoms with Gasteiger partial charge in [-0.25, -0.2) is 0 Å². The normalized spacial score (nSPS) is 13.2. The highest BCUT2D eigenvalue weighted by molar-refractivity contribution is 4.75. The van der Waals surface area contributed by atoms with E-state index in [1.807, 2.05) is 6.08 Å². The van der Waals surface area contributed by atoms with Crippen LogP contribution in [0.1, 0.15) is 26.7 Å². The molecule has 0 bridgehead atoms. The maximum absolute atomic E-state index is 5.71. The van der Waals surface area contributed by atoms with Crippen molar-refractivity contribution in [1.29, 1.82) is 0 Å². The lowest BCUT2D eigenvalue weighted by Gasteiger charge is -2.24. The molecule has 0 amide bonds. The molecule has 0 aliphatic rings. The van der Waals surface area contributed by atoms with Crippen LogP contribution in [-0.4, -0.2) is 31.1 Å². The molecule has 0 aromatic rings. The highest BCUT2D eigenvalue weighted by atomic mass is 15.1. The molecule has 0 rings (SSSR count). The smallest absolute Gasteiger partial charge is 0.0160 e. The van der Waals surface area contributed by atoms with Gasteiger partial charge in [-0.05, 0) is 25.4 Å². The molecule has 0 heterocycles. The first-order valence-electron chi connectivity index (χ1n) is 5.31. The minimum absolute atomic E-state index is 0.657. The van der Waals surface area contributed by atoms with Crippen molar-refractivity contribution in [1.82, 2.24) is 4.90 Å². The third kappa shape index (κ3) is 5.83. The summed E-state index contributed by atoms with van der Waals surface area (Å²) in [7, 11) is 0. The number of hydrogen-bond donors (Lipinski definition) is 1. The highest BCUT2D eigenvalue weighted by Gasteiger charge is 2.09. The molecule has 2 N–H and O–H groups in total. The first kappa shape index (κ1) is 12.7. The summed E-state index contributed by atoms with van der Waals surface area (Å²) in [5, 5.41) is 0. The van der Waals surface area contributed by atoms with Crippen molar-refractivity contribution in [3.63, 3.8) is 0 Å². The van der Waals surface area contributed by atoms with E-state index in [-0.39, 0.29) is 0 Å². The lowest BCUT2D eigenvalue weighted by molar-refractivity contribution is 0.258. The van der Waals surface area contributed by atoms with E-state index in [0.717, 1.165) is 26.2 Å². The Morgan fingerprint density at radius 3 is 2.54 bits per heavy atom. The second-order valence-electron chi connectivity index (χ2n) is 3.53. The fraction of sp³-hybridized carbons (Fsp3) is 0.818. The minimum atomic E-state index is 0.657. The second-order valence-corrected chi connectivity index (χ2v) is 3.53.